The summed E-state index contributed by atoms with van der Waals surface area (Å²) in [4.78, 5) is 0. The van der Waals surface area contributed by atoms with Gasteiger partial charge in [0.15, 0.2) is 0 Å². The number of benzene rings is 2. The lowest BCUT2D eigenvalue weighted by Gasteiger charge is -2.16. The molecule has 2 nitrogen and oxygen atoms in total. The van der Waals surface area contributed by atoms with Gasteiger partial charge in [0.25, 0.3) is 0 Å². The van der Waals surface area contributed by atoms with Crippen LogP contribution >= 0.6 is 0 Å². The lowest BCUT2D eigenvalue weighted by molar-refractivity contribution is 0.185. The molecule has 2 aromatic carbocycles. The van der Waals surface area contributed by atoms with Gasteiger partial charge in [-0.1, -0.05) is 35.9 Å². The van der Waals surface area contributed by atoms with Gasteiger partial charge in [-0.3, -0.25) is 0 Å². The summed E-state index contributed by atoms with van der Waals surface area (Å²) in [7, 11) is 1.73. The molecule has 2 aromatic rings. The monoisotopic (exact) mass is 267 g/mol. The van der Waals surface area contributed by atoms with Gasteiger partial charge < -0.3 is 10.1 Å². The van der Waals surface area contributed by atoms with E-state index in [4.69, 9.17) is 4.74 Å². The van der Waals surface area contributed by atoms with Crippen molar-refractivity contribution in [3.05, 3.63) is 64.7 Å². The van der Waals surface area contributed by atoms with Gasteiger partial charge in [-0.2, -0.15) is 0 Å². The molecule has 104 valence electrons. The van der Waals surface area contributed by atoms with E-state index < -0.39 is 0 Å². The minimum Gasteiger partial charge on any atom is -0.380 e. The number of anilines is 1. The van der Waals surface area contributed by atoms with Crippen molar-refractivity contribution in [2.45, 2.75) is 32.4 Å². The van der Waals surface area contributed by atoms with E-state index in [0.717, 1.165) is 0 Å². The maximum absolute atomic E-state index is 5.20. The lowest BCUT2D eigenvalue weighted by Crippen LogP contribution is -2.07. The normalized spacial score (nSPS) is 17.0. The van der Waals surface area contributed by atoms with Gasteiger partial charge in [-0.25, -0.2) is 0 Å². The first-order valence-electron chi connectivity index (χ1n) is 7.20. The third-order valence-corrected chi connectivity index (χ3v) is 3.96. The largest absolute Gasteiger partial charge is 0.380 e. The zero-order chi connectivity index (χ0) is 13.9. The highest BCUT2D eigenvalue weighted by molar-refractivity contribution is 5.50. The predicted molar refractivity (Wildman–Crippen MR) is 83.0 cm³/mol. The van der Waals surface area contributed by atoms with Gasteiger partial charge in [-0.15, -0.1) is 0 Å². The maximum atomic E-state index is 5.20. The quantitative estimate of drug-likeness (QED) is 0.894. The van der Waals surface area contributed by atoms with Crippen molar-refractivity contribution in [3.8, 4) is 0 Å². The SMILES string of the molecule is COCc1cccc(NC2CCc3ccc(C)cc32)c1. The lowest BCUT2D eigenvalue weighted by atomic mass is 10.0. The molecule has 20 heavy (non-hydrogen) atoms. The van der Waals surface area contributed by atoms with Crippen molar-refractivity contribution in [2.75, 3.05) is 12.4 Å². The van der Waals surface area contributed by atoms with Gasteiger partial charge in [-0.05, 0) is 48.6 Å². The predicted octanol–water partition coefficient (Wildman–Crippen LogP) is 4.24. The van der Waals surface area contributed by atoms with Crippen LogP contribution in [0.15, 0.2) is 42.5 Å². The molecular formula is C18H21NO. The Labute approximate surface area is 120 Å². The zero-order valence-corrected chi connectivity index (χ0v) is 12.1. The molecule has 0 saturated carbocycles. The highest BCUT2D eigenvalue weighted by Crippen LogP contribution is 2.34. The standard InChI is InChI=1S/C18H21NO/c1-13-6-7-15-8-9-18(17(15)10-13)19-16-5-3-4-14(11-16)12-20-2/h3-7,10-11,18-19H,8-9,12H2,1-2H3. The Morgan fingerprint density at radius 1 is 1.20 bits per heavy atom. The molecule has 0 saturated heterocycles. The average molecular weight is 267 g/mol. The molecule has 0 radical (unpaired) electrons. The van der Waals surface area contributed by atoms with Crippen LogP contribution in [-0.2, 0) is 17.8 Å². The molecule has 0 amide bonds. The summed E-state index contributed by atoms with van der Waals surface area (Å²) in [5.41, 5.74) is 6.67. The first kappa shape index (κ1) is 13.2. The number of rotatable bonds is 4. The molecule has 3 rings (SSSR count). The molecule has 1 aliphatic rings. The smallest absolute Gasteiger partial charge is 0.0713 e. The van der Waals surface area contributed by atoms with Gasteiger partial charge in [0, 0.05) is 12.8 Å². The van der Waals surface area contributed by atoms with Crippen LogP contribution in [0.3, 0.4) is 0 Å². The Balaban J connectivity index is 1.80. The first-order valence-corrected chi connectivity index (χ1v) is 7.20. The van der Waals surface area contributed by atoms with E-state index in [9.17, 15) is 0 Å². The summed E-state index contributed by atoms with van der Waals surface area (Å²) in [6.45, 7) is 2.82. The number of hydrogen-bond donors (Lipinski definition) is 1. The minimum absolute atomic E-state index is 0.433. The molecule has 1 aliphatic carbocycles. The van der Waals surface area contributed by atoms with Crippen LogP contribution in [0.1, 0.15) is 34.7 Å². The van der Waals surface area contributed by atoms with E-state index in [1.54, 1.807) is 7.11 Å². The minimum atomic E-state index is 0.433. The van der Waals surface area contributed by atoms with Crippen LogP contribution in [-0.4, -0.2) is 7.11 Å². The molecule has 0 spiro atoms. The number of fused-ring (bicyclic) bond motifs is 1. The van der Waals surface area contributed by atoms with Gasteiger partial charge in [0.2, 0.25) is 0 Å². The second kappa shape index (κ2) is 5.68. The van der Waals surface area contributed by atoms with Crippen LogP contribution < -0.4 is 5.32 Å². The molecule has 1 unspecified atom stereocenters. The van der Waals surface area contributed by atoms with E-state index in [2.05, 4.69) is 54.7 Å². The summed E-state index contributed by atoms with van der Waals surface area (Å²) in [6.07, 6.45) is 2.35. The zero-order valence-electron chi connectivity index (χ0n) is 12.1. The summed E-state index contributed by atoms with van der Waals surface area (Å²) in [5.74, 6) is 0. The first-order chi connectivity index (χ1) is 9.76. The Bertz CT molecular complexity index is 606. The van der Waals surface area contributed by atoms with Gasteiger partial charge in [0.1, 0.15) is 0 Å². The van der Waals surface area contributed by atoms with E-state index in [1.165, 1.54) is 40.8 Å². The molecule has 0 bridgehead atoms. The summed E-state index contributed by atoms with van der Waals surface area (Å²) in [6, 6.07) is 15.7. The summed E-state index contributed by atoms with van der Waals surface area (Å²) < 4.78 is 5.20. The molecule has 0 fully saturated rings. The van der Waals surface area contributed by atoms with Crippen LogP contribution in [0.5, 0.6) is 0 Å². The fraction of sp³-hybridized carbons (Fsp3) is 0.333. The van der Waals surface area contributed by atoms with Gasteiger partial charge >= 0.3 is 0 Å². The highest BCUT2D eigenvalue weighted by atomic mass is 16.5. The van der Waals surface area contributed by atoms with Gasteiger partial charge in [0.05, 0.1) is 12.6 Å². The molecule has 0 aliphatic heterocycles. The van der Waals surface area contributed by atoms with Crippen LogP contribution in [0.25, 0.3) is 0 Å². The highest BCUT2D eigenvalue weighted by Gasteiger charge is 2.22. The van der Waals surface area contributed by atoms with E-state index >= 15 is 0 Å². The van der Waals surface area contributed by atoms with Crippen molar-refractivity contribution < 1.29 is 4.74 Å². The van der Waals surface area contributed by atoms with Crippen LogP contribution in [0.4, 0.5) is 5.69 Å². The van der Waals surface area contributed by atoms with E-state index in [1.807, 2.05) is 0 Å². The summed E-state index contributed by atoms with van der Waals surface area (Å²) >= 11 is 0. The second-order valence-corrected chi connectivity index (χ2v) is 5.57. The average Bonchev–Trinajstić information content (AvgIpc) is 2.82. The molecule has 0 heterocycles. The fourth-order valence-corrected chi connectivity index (χ4v) is 2.99. The van der Waals surface area contributed by atoms with Crippen molar-refractivity contribution in [1.82, 2.24) is 0 Å². The molecule has 2 heteroatoms. The van der Waals surface area contributed by atoms with Crippen molar-refractivity contribution in [2.24, 2.45) is 0 Å². The maximum Gasteiger partial charge on any atom is 0.0713 e. The van der Waals surface area contributed by atoms with Crippen molar-refractivity contribution in [1.29, 1.82) is 0 Å². The van der Waals surface area contributed by atoms with Crippen LogP contribution in [0.2, 0.25) is 0 Å². The van der Waals surface area contributed by atoms with Crippen molar-refractivity contribution >= 4 is 5.69 Å². The number of methoxy groups -OCH3 is 1. The Morgan fingerprint density at radius 2 is 2.10 bits per heavy atom. The third kappa shape index (κ3) is 2.70. The fourth-order valence-electron chi connectivity index (χ4n) is 2.99. The molecule has 0 aromatic heterocycles. The van der Waals surface area contributed by atoms with Crippen molar-refractivity contribution in [3.63, 3.8) is 0 Å². The number of aryl methyl sites for hydroxylation is 2. The topological polar surface area (TPSA) is 21.3 Å². The molecule has 1 N–H and O–H groups in total. The second-order valence-electron chi connectivity index (χ2n) is 5.57. The Hall–Kier alpha value is -1.80. The molecular weight excluding hydrogens is 246 g/mol. The van der Waals surface area contributed by atoms with E-state index in [0.29, 0.717) is 12.6 Å². The van der Waals surface area contributed by atoms with Crippen LogP contribution in [0, 0.1) is 6.92 Å². The number of hydrogen-bond acceptors (Lipinski definition) is 2. The Morgan fingerprint density at radius 3 is 2.95 bits per heavy atom. The van der Waals surface area contributed by atoms with E-state index in [-0.39, 0.29) is 0 Å². The molecule has 1 atom stereocenters. The number of nitrogens with one attached hydrogen (secondary N) is 1. The number of ether oxygens (including phenoxy) is 1. The Kier molecular flexibility index (Phi) is 3.75. The third-order valence-electron chi connectivity index (χ3n) is 3.96. The summed E-state index contributed by atoms with van der Waals surface area (Å²) in [5, 5.41) is 3.67.